The summed E-state index contributed by atoms with van der Waals surface area (Å²) in [5.74, 6) is -0.571. The number of aromatic amines is 1. The number of halogens is 2. The number of fused-ring (bicyclic) bond motifs is 2. The molecular formula is C32H25ClFN3O4S. The molecule has 0 unspecified atom stereocenters. The summed E-state index contributed by atoms with van der Waals surface area (Å²) in [5, 5.41) is 4.71. The number of para-hydroxylation sites is 1. The number of anilines is 1. The molecule has 2 aromatic heterocycles. The number of carbonyl (C=O) groups is 1. The van der Waals surface area contributed by atoms with Gasteiger partial charge in [0.05, 0.1) is 28.0 Å². The molecule has 0 atom stereocenters. The average molecular weight is 602 g/mol. The van der Waals surface area contributed by atoms with Gasteiger partial charge in [0.25, 0.3) is 5.91 Å². The number of sulfonamides is 1. The van der Waals surface area contributed by atoms with Crippen LogP contribution in [0.3, 0.4) is 0 Å². The van der Waals surface area contributed by atoms with E-state index in [-0.39, 0.29) is 11.3 Å². The average Bonchev–Trinajstić information content (AvgIpc) is 3.58. The van der Waals surface area contributed by atoms with Crippen LogP contribution < -0.4 is 9.62 Å². The number of H-pyrrole nitrogens is 1. The lowest BCUT2D eigenvalue weighted by Crippen LogP contribution is -2.25. The van der Waals surface area contributed by atoms with E-state index in [0.29, 0.717) is 32.8 Å². The quantitative estimate of drug-likeness (QED) is 0.207. The van der Waals surface area contributed by atoms with Crippen molar-refractivity contribution in [2.24, 2.45) is 0 Å². The highest BCUT2D eigenvalue weighted by Crippen LogP contribution is 2.42. The van der Waals surface area contributed by atoms with Gasteiger partial charge in [0.1, 0.15) is 17.2 Å². The summed E-state index contributed by atoms with van der Waals surface area (Å²) in [6.07, 6.45) is 1.12. The first-order chi connectivity index (χ1) is 20.0. The molecule has 0 spiro atoms. The fourth-order valence-electron chi connectivity index (χ4n) is 5.09. The van der Waals surface area contributed by atoms with E-state index in [1.54, 1.807) is 12.1 Å². The lowest BCUT2D eigenvalue weighted by Gasteiger charge is -2.21. The first-order valence-electron chi connectivity index (χ1n) is 13.0. The van der Waals surface area contributed by atoms with Gasteiger partial charge in [-0.05, 0) is 59.7 Å². The molecule has 1 amide bonds. The molecule has 0 saturated heterocycles. The Balaban J connectivity index is 1.60. The zero-order valence-electron chi connectivity index (χ0n) is 22.8. The van der Waals surface area contributed by atoms with E-state index >= 15 is 0 Å². The fraction of sp³-hybridized carbons (Fsp3) is 0.0938. The van der Waals surface area contributed by atoms with E-state index in [2.05, 4.69) is 10.3 Å². The van der Waals surface area contributed by atoms with Crippen molar-refractivity contribution in [3.63, 3.8) is 0 Å². The number of amides is 1. The molecule has 2 N–H and O–H groups in total. The fourth-order valence-corrected chi connectivity index (χ4v) is 5.82. The summed E-state index contributed by atoms with van der Waals surface area (Å²) in [6.45, 7) is 0. The third kappa shape index (κ3) is 4.80. The van der Waals surface area contributed by atoms with E-state index in [1.807, 2.05) is 48.5 Å². The number of benzene rings is 4. The first kappa shape index (κ1) is 27.6. The van der Waals surface area contributed by atoms with Gasteiger partial charge in [0, 0.05) is 47.8 Å². The summed E-state index contributed by atoms with van der Waals surface area (Å²) < 4.78 is 46.5. The monoisotopic (exact) mass is 601 g/mol. The molecule has 0 saturated carbocycles. The first-order valence-corrected chi connectivity index (χ1v) is 15.2. The number of furan rings is 1. The molecule has 2 heterocycles. The van der Waals surface area contributed by atoms with Crippen molar-refractivity contribution in [3.8, 4) is 33.7 Å². The largest absolute Gasteiger partial charge is 0.455 e. The zero-order chi connectivity index (χ0) is 29.8. The Bertz CT molecular complexity index is 2120. The van der Waals surface area contributed by atoms with E-state index in [9.17, 15) is 17.6 Å². The normalized spacial score (nSPS) is 11.7. The Kier molecular flexibility index (Phi) is 6.79. The Hall–Kier alpha value is -4.60. The van der Waals surface area contributed by atoms with Crippen LogP contribution in [0.15, 0.2) is 89.3 Å². The standard InChI is InChI=1S/C32H25ClFN3O4S/c1-35-32(38)29-24-16-23(19-6-4-7-20(14-19)26-15-21-8-5-9-25(33)30(21)36-26)27(37(2)42(3,39)40)17-28(24)41-31(29)18-10-12-22(34)13-11-18/h4-17,36H,1-3H3,(H,35,38). The van der Waals surface area contributed by atoms with Crippen molar-refractivity contribution in [2.45, 2.75) is 0 Å². The number of hydrogen-bond donors (Lipinski definition) is 2. The predicted octanol–water partition coefficient (Wildman–Crippen LogP) is 7.46. The highest BCUT2D eigenvalue weighted by atomic mass is 35.5. The number of rotatable bonds is 6. The Morgan fingerprint density at radius 2 is 1.67 bits per heavy atom. The summed E-state index contributed by atoms with van der Waals surface area (Å²) in [4.78, 5) is 16.5. The molecule has 0 aliphatic rings. The number of nitrogens with one attached hydrogen (secondary N) is 2. The summed E-state index contributed by atoms with van der Waals surface area (Å²) >= 11 is 6.39. The molecular weight excluding hydrogens is 577 g/mol. The third-order valence-electron chi connectivity index (χ3n) is 7.29. The van der Waals surface area contributed by atoms with Crippen LogP contribution in [-0.2, 0) is 10.0 Å². The van der Waals surface area contributed by atoms with Gasteiger partial charge in [0.2, 0.25) is 10.0 Å². The molecule has 0 radical (unpaired) electrons. The molecule has 4 aromatic carbocycles. The number of hydrogen-bond acceptors (Lipinski definition) is 4. The van der Waals surface area contributed by atoms with Gasteiger partial charge in [-0.15, -0.1) is 0 Å². The second kappa shape index (κ2) is 10.3. The van der Waals surface area contributed by atoms with E-state index in [0.717, 1.165) is 34.0 Å². The molecule has 0 fully saturated rings. The van der Waals surface area contributed by atoms with Crippen LogP contribution >= 0.6 is 11.6 Å². The van der Waals surface area contributed by atoms with Gasteiger partial charge in [-0.1, -0.05) is 41.9 Å². The smallest absolute Gasteiger partial charge is 0.255 e. The molecule has 10 heteroatoms. The van der Waals surface area contributed by atoms with Crippen LogP contribution in [0.4, 0.5) is 10.1 Å². The van der Waals surface area contributed by atoms with Crippen molar-refractivity contribution in [2.75, 3.05) is 24.7 Å². The van der Waals surface area contributed by atoms with Gasteiger partial charge in [0.15, 0.2) is 0 Å². The molecule has 0 bridgehead atoms. The van der Waals surface area contributed by atoms with Gasteiger partial charge >= 0.3 is 0 Å². The van der Waals surface area contributed by atoms with Crippen LogP contribution in [0.5, 0.6) is 0 Å². The van der Waals surface area contributed by atoms with Gasteiger partial charge in [-0.2, -0.15) is 0 Å². The Morgan fingerprint density at radius 3 is 2.36 bits per heavy atom. The van der Waals surface area contributed by atoms with Gasteiger partial charge in [-0.25, -0.2) is 12.8 Å². The second-order valence-corrected chi connectivity index (χ2v) is 12.4. The van der Waals surface area contributed by atoms with Crippen molar-refractivity contribution >= 4 is 55.1 Å². The number of carbonyl (C=O) groups excluding carboxylic acids is 1. The highest BCUT2D eigenvalue weighted by molar-refractivity contribution is 7.92. The second-order valence-electron chi connectivity index (χ2n) is 9.96. The maximum absolute atomic E-state index is 13.7. The van der Waals surface area contributed by atoms with Crippen LogP contribution in [0.1, 0.15) is 10.4 Å². The minimum Gasteiger partial charge on any atom is -0.455 e. The predicted molar refractivity (Wildman–Crippen MR) is 166 cm³/mol. The van der Waals surface area contributed by atoms with E-state index < -0.39 is 21.7 Å². The Labute approximate surface area is 246 Å². The third-order valence-corrected chi connectivity index (χ3v) is 8.80. The molecule has 42 heavy (non-hydrogen) atoms. The number of aromatic nitrogens is 1. The minimum absolute atomic E-state index is 0.248. The SMILES string of the molecule is CNC(=O)c1c(-c2ccc(F)cc2)oc2cc(N(C)S(C)(=O)=O)c(-c3cccc(-c4cc5cccc(Cl)c5[nH]4)c3)cc12. The molecule has 7 nitrogen and oxygen atoms in total. The maximum atomic E-state index is 13.7. The zero-order valence-corrected chi connectivity index (χ0v) is 24.4. The van der Waals surface area contributed by atoms with Crippen LogP contribution in [0.25, 0.3) is 55.6 Å². The lowest BCUT2D eigenvalue weighted by molar-refractivity contribution is 0.0964. The van der Waals surface area contributed by atoms with Crippen molar-refractivity contribution in [1.82, 2.24) is 10.3 Å². The molecule has 0 aliphatic heterocycles. The topological polar surface area (TPSA) is 95.4 Å². The molecule has 6 aromatic rings. The molecule has 0 aliphatic carbocycles. The van der Waals surface area contributed by atoms with E-state index in [4.69, 9.17) is 16.0 Å². The van der Waals surface area contributed by atoms with Crippen LogP contribution in [-0.4, -0.2) is 39.7 Å². The minimum atomic E-state index is -3.67. The number of nitrogens with zero attached hydrogens (tertiary/aromatic N) is 1. The van der Waals surface area contributed by atoms with E-state index in [1.165, 1.54) is 42.7 Å². The highest BCUT2D eigenvalue weighted by Gasteiger charge is 2.26. The van der Waals surface area contributed by atoms with Crippen molar-refractivity contribution < 1.29 is 22.0 Å². The maximum Gasteiger partial charge on any atom is 0.255 e. The Morgan fingerprint density at radius 1 is 0.952 bits per heavy atom. The van der Waals surface area contributed by atoms with Gasteiger partial charge < -0.3 is 14.7 Å². The van der Waals surface area contributed by atoms with Crippen LogP contribution in [0, 0.1) is 5.82 Å². The lowest BCUT2D eigenvalue weighted by atomic mass is 9.96. The van der Waals surface area contributed by atoms with Crippen LogP contribution in [0.2, 0.25) is 5.02 Å². The molecule has 212 valence electrons. The molecule has 6 rings (SSSR count). The summed E-state index contributed by atoms with van der Waals surface area (Å²) in [5.41, 5.74) is 5.25. The van der Waals surface area contributed by atoms with Crippen molar-refractivity contribution in [1.29, 1.82) is 0 Å². The van der Waals surface area contributed by atoms with Gasteiger partial charge in [-0.3, -0.25) is 9.10 Å². The summed E-state index contributed by atoms with van der Waals surface area (Å²) in [6, 6.07) is 24.3. The van der Waals surface area contributed by atoms with Crippen molar-refractivity contribution in [3.05, 3.63) is 101 Å². The summed E-state index contributed by atoms with van der Waals surface area (Å²) in [7, 11) is -0.693.